The lowest BCUT2D eigenvalue weighted by atomic mass is 10.0. The molecule has 1 atom stereocenters. The van der Waals surface area contributed by atoms with Crippen LogP contribution >= 0.6 is 0 Å². The van der Waals surface area contributed by atoms with Gasteiger partial charge in [-0.05, 0) is 35.7 Å². The number of fused-ring (bicyclic) bond motifs is 2. The molecule has 30 heavy (non-hydrogen) atoms. The number of anilines is 1. The average Bonchev–Trinajstić information content (AvgIpc) is 3.30. The van der Waals surface area contributed by atoms with Crippen molar-refractivity contribution in [1.29, 1.82) is 0 Å². The van der Waals surface area contributed by atoms with Gasteiger partial charge in [0.1, 0.15) is 11.9 Å². The van der Waals surface area contributed by atoms with Crippen LogP contribution in [0.5, 0.6) is 0 Å². The van der Waals surface area contributed by atoms with Gasteiger partial charge in [-0.15, -0.1) is 0 Å². The summed E-state index contributed by atoms with van der Waals surface area (Å²) in [5.41, 5.74) is 3.58. The van der Waals surface area contributed by atoms with E-state index in [-0.39, 0.29) is 24.0 Å². The molecule has 0 saturated carbocycles. The fourth-order valence-corrected chi connectivity index (χ4v) is 4.08. The first-order chi connectivity index (χ1) is 14.5. The maximum absolute atomic E-state index is 12.9. The molecule has 4 amide bonds. The second kappa shape index (κ2) is 7.03. The molecule has 1 aromatic heterocycles. The molecule has 3 N–H and O–H groups in total. The topological polar surface area (TPSA) is 120 Å². The molecule has 2 aromatic rings. The first-order valence-corrected chi connectivity index (χ1v) is 9.79. The summed E-state index contributed by atoms with van der Waals surface area (Å²) in [4.78, 5) is 54.7. The Bertz CT molecular complexity index is 1110. The van der Waals surface area contributed by atoms with E-state index in [1.54, 1.807) is 18.2 Å². The number of hydrogen-bond acceptors (Lipinski definition) is 7. The van der Waals surface area contributed by atoms with Crippen molar-refractivity contribution in [3.8, 4) is 0 Å². The highest BCUT2D eigenvalue weighted by molar-refractivity contribution is 6.23. The van der Waals surface area contributed by atoms with Crippen LogP contribution in [0.4, 0.5) is 5.82 Å². The third-order valence-corrected chi connectivity index (χ3v) is 5.65. The van der Waals surface area contributed by atoms with Crippen LogP contribution < -0.4 is 16.0 Å². The molecular weight excluding hydrogens is 386 g/mol. The van der Waals surface area contributed by atoms with Gasteiger partial charge in [0.05, 0.1) is 16.8 Å². The van der Waals surface area contributed by atoms with Gasteiger partial charge in [-0.1, -0.05) is 12.1 Å². The lowest BCUT2D eigenvalue weighted by molar-refractivity contribution is -0.136. The summed E-state index contributed by atoms with van der Waals surface area (Å²) in [5.74, 6) is -1.27. The Hall–Kier alpha value is -3.59. The molecule has 5 rings (SSSR count). The Morgan fingerprint density at radius 3 is 2.70 bits per heavy atom. The van der Waals surface area contributed by atoms with E-state index in [9.17, 15) is 19.2 Å². The summed E-state index contributed by atoms with van der Waals surface area (Å²) in [6, 6.07) is 8.05. The molecule has 0 bridgehead atoms. The zero-order chi connectivity index (χ0) is 20.8. The Morgan fingerprint density at radius 1 is 1.03 bits per heavy atom. The minimum absolute atomic E-state index is 0.0995. The number of rotatable bonds is 4. The summed E-state index contributed by atoms with van der Waals surface area (Å²) in [6.07, 6.45) is 0.242. The highest BCUT2D eigenvalue weighted by atomic mass is 16.2. The largest absolute Gasteiger partial charge is 0.366 e. The summed E-state index contributed by atoms with van der Waals surface area (Å²) >= 11 is 0. The normalized spacial score (nSPS) is 20.3. The summed E-state index contributed by atoms with van der Waals surface area (Å²) in [6.45, 7) is 2.01. The third-order valence-electron chi connectivity index (χ3n) is 5.65. The number of nitrogens with zero attached hydrogens (tertiary/aromatic N) is 2. The Balaban J connectivity index is 1.33. The van der Waals surface area contributed by atoms with Crippen LogP contribution in [0.2, 0.25) is 0 Å². The van der Waals surface area contributed by atoms with Crippen molar-refractivity contribution in [1.82, 2.24) is 20.5 Å². The molecule has 0 spiro atoms. The number of piperidine rings is 1. The second-order valence-corrected chi connectivity index (χ2v) is 7.59. The van der Waals surface area contributed by atoms with Crippen molar-refractivity contribution >= 4 is 29.4 Å². The van der Waals surface area contributed by atoms with E-state index in [2.05, 4.69) is 20.9 Å². The molecule has 1 saturated heterocycles. The Morgan fingerprint density at radius 2 is 1.87 bits per heavy atom. The van der Waals surface area contributed by atoms with Crippen molar-refractivity contribution in [2.45, 2.75) is 38.5 Å². The minimum Gasteiger partial charge on any atom is -0.366 e. The lowest BCUT2D eigenvalue weighted by Crippen LogP contribution is -2.54. The van der Waals surface area contributed by atoms with E-state index in [1.807, 2.05) is 12.1 Å². The molecular formula is C21H19N5O4. The minimum atomic E-state index is -0.958. The average molecular weight is 405 g/mol. The summed E-state index contributed by atoms with van der Waals surface area (Å²) in [5, 5.41) is 8.69. The number of benzene rings is 1. The maximum atomic E-state index is 12.9. The standard InChI is InChI=1S/C21H19N5O4/c27-18-6-4-16(19(28)25-18)26-20(29)13-3-1-11(7-14(13)21(26)30)8-23-17-5-2-12-9-22-10-15(12)24-17/h1-3,5,7,16,22H,4,6,8-10H2,(H,23,24)(H,25,27,28). The van der Waals surface area contributed by atoms with Gasteiger partial charge in [-0.25, -0.2) is 4.98 Å². The fourth-order valence-electron chi connectivity index (χ4n) is 4.08. The van der Waals surface area contributed by atoms with Crippen molar-refractivity contribution < 1.29 is 19.2 Å². The summed E-state index contributed by atoms with van der Waals surface area (Å²) < 4.78 is 0. The van der Waals surface area contributed by atoms with Crippen LogP contribution in [0.25, 0.3) is 0 Å². The molecule has 9 nitrogen and oxygen atoms in total. The smallest absolute Gasteiger partial charge is 0.262 e. The number of nitrogens with one attached hydrogen (secondary N) is 3. The van der Waals surface area contributed by atoms with Crippen LogP contribution in [-0.2, 0) is 29.2 Å². The van der Waals surface area contributed by atoms with Gasteiger partial charge in [0.2, 0.25) is 11.8 Å². The molecule has 1 aromatic carbocycles. The van der Waals surface area contributed by atoms with E-state index in [1.165, 1.54) is 5.56 Å². The van der Waals surface area contributed by atoms with Crippen LogP contribution in [0.3, 0.4) is 0 Å². The molecule has 3 aliphatic heterocycles. The number of hydrogen-bond donors (Lipinski definition) is 3. The van der Waals surface area contributed by atoms with E-state index < -0.39 is 29.7 Å². The number of carbonyl (C=O) groups excluding carboxylic acids is 4. The highest BCUT2D eigenvalue weighted by Crippen LogP contribution is 2.28. The number of pyridine rings is 1. The van der Waals surface area contributed by atoms with Gasteiger partial charge >= 0.3 is 0 Å². The van der Waals surface area contributed by atoms with Gasteiger partial charge < -0.3 is 10.6 Å². The molecule has 4 heterocycles. The van der Waals surface area contributed by atoms with Crippen LogP contribution in [0, 0.1) is 0 Å². The van der Waals surface area contributed by atoms with E-state index in [4.69, 9.17) is 0 Å². The van der Waals surface area contributed by atoms with E-state index in [0.29, 0.717) is 6.54 Å². The number of amides is 4. The van der Waals surface area contributed by atoms with Gasteiger partial charge in [0.25, 0.3) is 11.8 Å². The zero-order valence-corrected chi connectivity index (χ0v) is 16.0. The van der Waals surface area contributed by atoms with Gasteiger partial charge in [-0.3, -0.25) is 29.4 Å². The SMILES string of the molecule is O=C1CCC(N2C(=O)c3ccc(CNc4ccc5c(n4)CNC5)cc3C2=O)C(=O)N1. The van der Waals surface area contributed by atoms with Gasteiger partial charge in [0, 0.05) is 26.1 Å². The Labute approximate surface area is 171 Å². The summed E-state index contributed by atoms with van der Waals surface area (Å²) in [7, 11) is 0. The molecule has 9 heteroatoms. The van der Waals surface area contributed by atoms with E-state index >= 15 is 0 Å². The van der Waals surface area contributed by atoms with Gasteiger partial charge in [0.15, 0.2) is 0 Å². The molecule has 0 aliphatic carbocycles. The predicted octanol–water partition coefficient (Wildman–Crippen LogP) is 0.698. The molecule has 152 valence electrons. The zero-order valence-electron chi connectivity index (χ0n) is 16.0. The van der Waals surface area contributed by atoms with Crippen molar-refractivity contribution in [3.05, 3.63) is 58.3 Å². The van der Waals surface area contributed by atoms with Crippen LogP contribution in [0.1, 0.15) is 50.4 Å². The molecule has 1 fully saturated rings. The fraction of sp³-hybridized carbons (Fsp3) is 0.286. The number of aromatic nitrogens is 1. The highest BCUT2D eigenvalue weighted by Gasteiger charge is 2.44. The van der Waals surface area contributed by atoms with Gasteiger partial charge in [-0.2, -0.15) is 0 Å². The third kappa shape index (κ3) is 3.03. The maximum Gasteiger partial charge on any atom is 0.262 e. The quantitative estimate of drug-likeness (QED) is 0.640. The molecule has 1 unspecified atom stereocenters. The Kier molecular flexibility index (Phi) is 4.32. The molecule has 3 aliphatic rings. The monoisotopic (exact) mass is 405 g/mol. The van der Waals surface area contributed by atoms with Crippen molar-refractivity contribution in [2.24, 2.45) is 0 Å². The first-order valence-electron chi connectivity index (χ1n) is 9.79. The predicted molar refractivity (Wildman–Crippen MR) is 105 cm³/mol. The lowest BCUT2D eigenvalue weighted by Gasteiger charge is -2.27. The van der Waals surface area contributed by atoms with Crippen LogP contribution in [-0.4, -0.2) is 39.6 Å². The number of imide groups is 2. The van der Waals surface area contributed by atoms with Crippen molar-refractivity contribution in [2.75, 3.05) is 5.32 Å². The number of carbonyl (C=O) groups is 4. The van der Waals surface area contributed by atoms with E-state index in [0.717, 1.165) is 35.1 Å². The second-order valence-electron chi connectivity index (χ2n) is 7.59. The van der Waals surface area contributed by atoms with Crippen molar-refractivity contribution in [3.63, 3.8) is 0 Å². The molecule has 0 radical (unpaired) electrons. The van der Waals surface area contributed by atoms with Crippen LogP contribution in [0.15, 0.2) is 30.3 Å². The first kappa shape index (κ1) is 18.4.